The molecule has 0 unspecified atom stereocenters. The maximum absolute atomic E-state index is 11.8. The minimum Gasteiger partial charge on any atom is -0.229 e. The molecule has 1 rings (SSSR count). The molecule has 0 aliphatic heterocycles. The highest BCUT2D eigenvalue weighted by molar-refractivity contribution is 7.83. The number of benzene rings is 1. The van der Waals surface area contributed by atoms with Crippen molar-refractivity contribution in [2.75, 3.05) is 0 Å². The molecule has 0 bridgehead atoms. The summed E-state index contributed by atoms with van der Waals surface area (Å²) in [6, 6.07) is 7.66. The van der Waals surface area contributed by atoms with Crippen molar-refractivity contribution in [1.29, 1.82) is 0 Å². The van der Waals surface area contributed by atoms with E-state index in [1.807, 2.05) is 45.0 Å². The molecule has 0 amide bonds. The summed E-state index contributed by atoms with van der Waals surface area (Å²) in [5, 5.41) is 0. The monoisotopic (exact) mass is 223 g/mol. The summed E-state index contributed by atoms with van der Waals surface area (Å²) in [6.07, 6.45) is 1.74. The first-order valence-electron chi connectivity index (χ1n) is 5.22. The molecule has 0 spiro atoms. The van der Waals surface area contributed by atoms with E-state index in [1.54, 1.807) is 0 Å². The van der Waals surface area contributed by atoms with E-state index < -0.39 is 11.0 Å². The van der Waals surface area contributed by atoms with E-state index in [0.29, 0.717) is 0 Å². The van der Waals surface area contributed by atoms with Crippen LogP contribution >= 0.6 is 0 Å². The number of nitrogens with zero attached hydrogens (tertiary/aromatic N) is 1. The van der Waals surface area contributed by atoms with Crippen LogP contribution in [0.4, 0.5) is 0 Å². The van der Waals surface area contributed by atoms with E-state index in [1.165, 1.54) is 5.56 Å². The Balaban J connectivity index is 2.85. The van der Waals surface area contributed by atoms with Crippen molar-refractivity contribution in [2.24, 2.45) is 4.40 Å². The van der Waals surface area contributed by atoms with Gasteiger partial charge in [-0.15, -0.1) is 0 Å². The minimum absolute atomic E-state index is 0.778. The first kappa shape index (κ1) is 12.1. The average Bonchev–Trinajstić information content (AvgIpc) is 2.26. The Labute approximate surface area is 94.0 Å². The Kier molecular flexibility index (Phi) is 4.69. The van der Waals surface area contributed by atoms with Gasteiger partial charge < -0.3 is 0 Å². The van der Waals surface area contributed by atoms with Gasteiger partial charge in [0.05, 0.1) is 4.90 Å². The normalized spacial score (nSPS) is 12.2. The lowest BCUT2D eigenvalue weighted by atomic mass is 10.2. The Morgan fingerprint density at radius 3 is 2.20 bits per heavy atom. The van der Waals surface area contributed by atoms with Crippen LogP contribution in [0.25, 0.3) is 0 Å². The van der Waals surface area contributed by atoms with Gasteiger partial charge in [-0.3, -0.25) is 0 Å². The van der Waals surface area contributed by atoms with Gasteiger partial charge in [-0.1, -0.05) is 31.5 Å². The fourth-order valence-electron chi connectivity index (χ4n) is 1.20. The third kappa shape index (κ3) is 3.59. The molecular formula is C12H17NOS. The van der Waals surface area contributed by atoms with Gasteiger partial charge in [0.15, 0.2) is 11.0 Å². The third-order valence-electron chi connectivity index (χ3n) is 2.25. The fraction of sp³-hybridized carbons (Fsp3) is 0.417. The lowest BCUT2D eigenvalue weighted by Crippen LogP contribution is -1.97. The lowest BCUT2D eigenvalue weighted by molar-refractivity contribution is 0.684. The maximum atomic E-state index is 11.8. The Morgan fingerprint density at radius 2 is 1.73 bits per heavy atom. The molecule has 0 fully saturated rings. The molecule has 0 aromatic heterocycles. The van der Waals surface area contributed by atoms with Crippen LogP contribution in [-0.4, -0.2) is 9.92 Å². The standard InChI is InChI=1S/C12H17NOS/c1-4-11(5-2)13-15(14)12-8-6-10(3)7-9-12/h6-9H,4-5H2,1-3H3/t15-/m0/s1. The van der Waals surface area contributed by atoms with E-state index in [0.717, 1.165) is 23.4 Å². The molecule has 1 atom stereocenters. The van der Waals surface area contributed by atoms with Crippen molar-refractivity contribution in [1.82, 2.24) is 0 Å². The van der Waals surface area contributed by atoms with Crippen LogP contribution in [0.3, 0.4) is 0 Å². The van der Waals surface area contributed by atoms with Crippen LogP contribution < -0.4 is 0 Å². The van der Waals surface area contributed by atoms with Crippen LogP contribution in [0.1, 0.15) is 32.3 Å². The van der Waals surface area contributed by atoms with Crippen molar-refractivity contribution in [3.63, 3.8) is 0 Å². The summed E-state index contributed by atoms with van der Waals surface area (Å²) in [5.41, 5.74) is 2.18. The highest BCUT2D eigenvalue weighted by Crippen LogP contribution is 2.10. The fourth-order valence-corrected chi connectivity index (χ4v) is 2.17. The topological polar surface area (TPSA) is 29.4 Å². The molecule has 0 aliphatic rings. The van der Waals surface area contributed by atoms with Crippen molar-refractivity contribution in [3.8, 4) is 0 Å². The number of hydrogen-bond donors (Lipinski definition) is 0. The maximum Gasteiger partial charge on any atom is 0.172 e. The molecular weight excluding hydrogens is 206 g/mol. The number of aryl methyl sites for hydroxylation is 1. The van der Waals surface area contributed by atoms with Gasteiger partial charge in [0.2, 0.25) is 0 Å². The van der Waals surface area contributed by atoms with Crippen molar-refractivity contribution in [2.45, 2.75) is 38.5 Å². The lowest BCUT2D eigenvalue weighted by Gasteiger charge is -2.00. The van der Waals surface area contributed by atoms with Gasteiger partial charge in [0, 0.05) is 5.71 Å². The summed E-state index contributed by atoms with van der Waals surface area (Å²) >= 11 is 0. The first-order valence-corrected chi connectivity index (χ1v) is 6.33. The zero-order valence-corrected chi connectivity index (χ0v) is 10.3. The van der Waals surface area contributed by atoms with Crippen molar-refractivity contribution in [3.05, 3.63) is 29.8 Å². The van der Waals surface area contributed by atoms with E-state index in [9.17, 15) is 4.21 Å². The van der Waals surface area contributed by atoms with Gasteiger partial charge >= 0.3 is 0 Å². The number of rotatable bonds is 4. The molecule has 0 radical (unpaired) electrons. The number of hydrogen-bond acceptors (Lipinski definition) is 1. The average molecular weight is 223 g/mol. The third-order valence-corrected chi connectivity index (χ3v) is 3.35. The predicted octanol–water partition coefficient (Wildman–Crippen LogP) is 3.28. The summed E-state index contributed by atoms with van der Waals surface area (Å²) in [5.74, 6) is 0. The van der Waals surface area contributed by atoms with Gasteiger partial charge in [-0.2, -0.15) is 4.40 Å². The molecule has 0 saturated heterocycles. The zero-order chi connectivity index (χ0) is 11.3. The molecule has 0 N–H and O–H groups in total. The van der Waals surface area contributed by atoms with Gasteiger partial charge in [-0.25, -0.2) is 4.21 Å². The second kappa shape index (κ2) is 5.81. The van der Waals surface area contributed by atoms with E-state index in [2.05, 4.69) is 4.40 Å². The smallest absolute Gasteiger partial charge is 0.172 e. The van der Waals surface area contributed by atoms with Crippen molar-refractivity contribution >= 4 is 16.7 Å². The highest BCUT2D eigenvalue weighted by Gasteiger charge is 2.02. The molecule has 1 aromatic rings. The summed E-state index contributed by atoms with van der Waals surface area (Å²) in [4.78, 5) is 0.778. The van der Waals surface area contributed by atoms with Crippen molar-refractivity contribution < 1.29 is 4.21 Å². The van der Waals surface area contributed by atoms with Crippen LogP contribution in [0, 0.1) is 6.92 Å². The highest BCUT2D eigenvalue weighted by atomic mass is 32.2. The van der Waals surface area contributed by atoms with Gasteiger partial charge in [-0.05, 0) is 31.9 Å². The molecule has 0 heterocycles. The molecule has 1 aromatic carbocycles. The summed E-state index contributed by atoms with van der Waals surface area (Å²) in [6.45, 7) is 6.09. The van der Waals surface area contributed by atoms with Crippen LogP contribution in [0.2, 0.25) is 0 Å². The second-order valence-electron chi connectivity index (χ2n) is 3.43. The van der Waals surface area contributed by atoms with E-state index in [-0.39, 0.29) is 0 Å². The summed E-state index contributed by atoms with van der Waals surface area (Å²) < 4.78 is 16.0. The predicted molar refractivity (Wildman–Crippen MR) is 65.6 cm³/mol. The van der Waals surface area contributed by atoms with Crippen LogP contribution in [0.5, 0.6) is 0 Å². The van der Waals surface area contributed by atoms with E-state index in [4.69, 9.17) is 0 Å². The quantitative estimate of drug-likeness (QED) is 0.720. The minimum atomic E-state index is -1.23. The Morgan fingerprint density at radius 1 is 1.20 bits per heavy atom. The van der Waals surface area contributed by atoms with Crippen LogP contribution in [-0.2, 0) is 11.0 Å². The molecule has 0 aliphatic carbocycles. The molecule has 2 nitrogen and oxygen atoms in total. The molecule has 82 valence electrons. The molecule has 15 heavy (non-hydrogen) atoms. The van der Waals surface area contributed by atoms with Gasteiger partial charge in [0.25, 0.3) is 0 Å². The summed E-state index contributed by atoms with van der Waals surface area (Å²) in [7, 11) is -1.23. The Hall–Kier alpha value is -0.960. The largest absolute Gasteiger partial charge is 0.229 e. The second-order valence-corrected chi connectivity index (χ2v) is 4.58. The SMILES string of the molecule is CCC(CC)=N[S@@](=O)c1ccc(C)cc1. The van der Waals surface area contributed by atoms with Gasteiger partial charge in [0.1, 0.15) is 0 Å². The Bertz CT molecular complexity index is 362. The zero-order valence-electron chi connectivity index (χ0n) is 9.49. The molecule has 0 saturated carbocycles. The van der Waals surface area contributed by atoms with E-state index >= 15 is 0 Å². The molecule has 3 heteroatoms. The van der Waals surface area contributed by atoms with Crippen LogP contribution in [0.15, 0.2) is 33.6 Å². The first-order chi connectivity index (χ1) is 7.17.